The lowest BCUT2D eigenvalue weighted by Crippen LogP contribution is -2.11. The summed E-state index contributed by atoms with van der Waals surface area (Å²) in [4.78, 5) is 8.60. The number of rotatable bonds is 6. The van der Waals surface area contributed by atoms with Gasteiger partial charge in [0.05, 0.1) is 23.4 Å². The van der Waals surface area contributed by atoms with Gasteiger partial charge in [-0.25, -0.2) is 4.98 Å². The van der Waals surface area contributed by atoms with Crippen molar-refractivity contribution in [3.8, 4) is 0 Å². The van der Waals surface area contributed by atoms with E-state index in [0.29, 0.717) is 6.54 Å². The third-order valence-corrected chi connectivity index (χ3v) is 3.93. The van der Waals surface area contributed by atoms with Crippen molar-refractivity contribution in [1.29, 1.82) is 0 Å². The van der Waals surface area contributed by atoms with Crippen molar-refractivity contribution >= 4 is 16.7 Å². The predicted molar refractivity (Wildman–Crippen MR) is 94.8 cm³/mol. The van der Waals surface area contributed by atoms with Gasteiger partial charge in [0.2, 0.25) is 0 Å². The quantitative estimate of drug-likeness (QED) is 0.701. The van der Waals surface area contributed by atoms with Crippen molar-refractivity contribution in [2.45, 2.75) is 19.5 Å². The Morgan fingerprint density at radius 3 is 3.00 bits per heavy atom. The fourth-order valence-corrected chi connectivity index (χ4v) is 2.47. The van der Waals surface area contributed by atoms with Gasteiger partial charge in [0, 0.05) is 24.6 Å². The number of fused-ring (bicyclic) bond motifs is 1. The smallest absolute Gasteiger partial charge is 0.0963 e. The molecule has 1 unspecified atom stereocenters. The molecule has 0 saturated carbocycles. The molecule has 0 spiro atoms. The Hall–Kier alpha value is -2.88. The van der Waals surface area contributed by atoms with E-state index in [2.05, 4.69) is 58.1 Å². The molecule has 0 aliphatic heterocycles. The highest BCUT2D eigenvalue weighted by Crippen LogP contribution is 2.21. The zero-order valence-corrected chi connectivity index (χ0v) is 13.2. The van der Waals surface area contributed by atoms with E-state index in [1.165, 1.54) is 0 Å². The van der Waals surface area contributed by atoms with Crippen molar-refractivity contribution in [3.63, 3.8) is 0 Å². The highest BCUT2D eigenvalue weighted by atomic mass is 15.1. The van der Waals surface area contributed by atoms with E-state index >= 15 is 0 Å². The van der Waals surface area contributed by atoms with Crippen LogP contribution in [0.1, 0.15) is 24.1 Å². The highest BCUT2D eigenvalue weighted by Gasteiger charge is 2.08. The molecule has 4 nitrogen and oxygen atoms in total. The molecule has 0 radical (unpaired) electrons. The van der Waals surface area contributed by atoms with E-state index < -0.39 is 0 Å². The summed E-state index contributed by atoms with van der Waals surface area (Å²) in [6.45, 7) is 10.8. The van der Waals surface area contributed by atoms with Gasteiger partial charge in [-0.1, -0.05) is 24.8 Å². The van der Waals surface area contributed by atoms with E-state index in [9.17, 15) is 0 Å². The normalized spacial score (nSPS) is 12.0. The molecular formula is C19H20N4. The summed E-state index contributed by atoms with van der Waals surface area (Å²) in [6.07, 6.45) is 7.38. The largest absolute Gasteiger partial charge is 0.381 e. The van der Waals surface area contributed by atoms with Gasteiger partial charge < -0.3 is 9.88 Å². The van der Waals surface area contributed by atoms with Crippen LogP contribution in [0.2, 0.25) is 0 Å². The maximum Gasteiger partial charge on any atom is 0.0963 e. The SMILES string of the molecule is C=CC(C)n1cnc2cc(C(=C)NCc3cccnc3)ccc21. The summed E-state index contributed by atoms with van der Waals surface area (Å²) in [6, 6.07) is 10.4. The Morgan fingerprint density at radius 2 is 2.26 bits per heavy atom. The number of allylic oxidation sites excluding steroid dienone is 1. The summed E-state index contributed by atoms with van der Waals surface area (Å²) >= 11 is 0. The number of hydrogen-bond donors (Lipinski definition) is 1. The van der Waals surface area contributed by atoms with Gasteiger partial charge in [-0.15, -0.1) is 6.58 Å². The predicted octanol–water partition coefficient (Wildman–Crippen LogP) is 3.94. The number of imidazole rings is 1. The Morgan fingerprint density at radius 1 is 1.39 bits per heavy atom. The number of nitrogens with one attached hydrogen (secondary N) is 1. The lowest BCUT2D eigenvalue weighted by Gasteiger charge is -2.11. The van der Waals surface area contributed by atoms with Gasteiger partial charge in [-0.2, -0.15) is 0 Å². The van der Waals surface area contributed by atoms with Crippen molar-refractivity contribution in [2.75, 3.05) is 0 Å². The third-order valence-electron chi connectivity index (χ3n) is 3.93. The van der Waals surface area contributed by atoms with Gasteiger partial charge in [0.15, 0.2) is 0 Å². The van der Waals surface area contributed by atoms with Crippen LogP contribution >= 0.6 is 0 Å². The van der Waals surface area contributed by atoms with Crippen LogP contribution < -0.4 is 5.32 Å². The molecule has 0 aliphatic rings. The topological polar surface area (TPSA) is 42.7 Å². The number of aromatic nitrogens is 3. The molecule has 1 N–H and O–H groups in total. The highest BCUT2D eigenvalue weighted by molar-refractivity contribution is 5.80. The molecule has 3 aromatic rings. The first-order chi connectivity index (χ1) is 11.2. The van der Waals surface area contributed by atoms with E-state index in [1.807, 2.05) is 30.7 Å². The molecule has 23 heavy (non-hydrogen) atoms. The summed E-state index contributed by atoms with van der Waals surface area (Å²) in [5.41, 5.74) is 5.10. The molecule has 0 bridgehead atoms. The molecule has 3 rings (SSSR count). The molecule has 4 heteroatoms. The fraction of sp³-hybridized carbons (Fsp3) is 0.158. The first-order valence-corrected chi connectivity index (χ1v) is 7.60. The lowest BCUT2D eigenvalue weighted by molar-refractivity contribution is 0.682. The van der Waals surface area contributed by atoms with Crippen LogP contribution in [0.4, 0.5) is 0 Å². The minimum atomic E-state index is 0.220. The average Bonchev–Trinajstić information content (AvgIpc) is 3.03. The standard InChI is InChI=1S/C19H20N4/c1-4-14(2)23-13-22-18-10-17(7-8-19(18)23)15(3)21-12-16-6-5-9-20-11-16/h4-11,13-14,21H,1,3,12H2,2H3. The zero-order chi connectivity index (χ0) is 16.2. The van der Waals surface area contributed by atoms with E-state index in [-0.39, 0.29) is 6.04 Å². The zero-order valence-electron chi connectivity index (χ0n) is 13.2. The van der Waals surface area contributed by atoms with Crippen molar-refractivity contribution in [2.24, 2.45) is 0 Å². The molecule has 0 aliphatic carbocycles. The Labute approximate surface area is 136 Å². The third kappa shape index (κ3) is 3.16. The summed E-state index contributed by atoms with van der Waals surface area (Å²) in [5.74, 6) is 0. The summed E-state index contributed by atoms with van der Waals surface area (Å²) in [7, 11) is 0. The maximum atomic E-state index is 4.49. The van der Waals surface area contributed by atoms with Crippen LogP contribution in [0.25, 0.3) is 16.7 Å². The van der Waals surface area contributed by atoms with Crippen LogP contribution in [0.5, 0.6) is 0 Å². The van der Waals surface area contributed by atoms with E-state index in [0.717, 1.165) is 27.9 Å². The molecule has 1 atom stereocenters. The van der Waals surface area contributed by atoms with E-state index in [1.54, 1.807) is 6.20 Å². The Balaban J connectivity index is 1.77. The molecule has 0 saturated heterocycles. The van der Waals surface area contributed by atoms with Crippen molar-refractivity contribution in [3.05, 3.63) is 79.4 Å². The summed E-state index contributed by atoms with van der Waals surface area (Å²) < 4.78 is 2.11. The van der Waals surface area contributed by atoms with Crippen LogP contribution in [0.15, 0.2) is 68.3 Å². The second-order valence-corrected chi connectivity index (χ2v) is 5.53. The monoisotopic (exact) mass is 304 g/mol. The van der Waals surface area contributed by atoms with Crippen molar-refractivity contribution in [1.82, 2.24) is 19.9 Å². The molecule has 1 aromatic carbocycles. The van der Waals surface area contributed by atoms with Gasteiger partial charge in [0.1, 0.15) is 0 Å². The van der Waals surface area contributed by atoms with Crippen LogP contribution in [0.3, 0.4) is 0 Å². The lowest BCUT2D eigenvalue weighted by atomic mass is 10.1. The first kappa shape index (κ1) is 15.0. The van der Waals surface area contributed by atoms with Gasteiger partial charge in [-0.3, -0.25) is 4.98 Å². The van der Waals surface area contributed by atoms with E-state index in [4.69, 9.17) is 0 Å². The molecule has 2 heterocycles. The van der Waals surface area contributed by atoms with Gasteiger partial charge >= 0.3 is 0 Å². The minimum Gasteiger partial charge on any atom is -0.381 e. The molecule has 0 fully saturated rings. The van der Waals surface area contributed by atoms with Crippen molar-refractivity contribution < 1.29 is 0 Å². The molecule has 116 valence electrons. The first-order valence-electron chi connectivity index (χ1n) is 7.60. The molecular weight excluding hydrogens is 284 g/mol. The van der Waals surface area contributed by atoms with Crippen LogP contribution in [0, 0.1) is 0 Å². The fourth-order valence-electron chi connectivity index (χ4n) is 2.47. The Bertz CT molecular complexity index is 833. The second kappa shape index (κ2) is 6.48. The second-order valence-electron chi connectivity index (χ2n) is 5.53. The Kier molecular flexibility index (Phi) is 4.24. The van der Waals surface area contributed by atoms with Crippen LogP contribution in [-0.4, -0.2) is 14.5 Å². The number of pyridine rings is 1. The maximum absolute atomic E-state index is 4.49. The molecule has 0 amide bonds. The van der Waals surface area contributed by atoms with Gasteiger partial charge in [0.25, 0.3) is 0 Å². The summed E-state index contributed by atoms with van der Waals surface area (Å²) in [5, 5.41) is 3.34. The average molecular weight is 304 g/mol. The minimum absolute atomic E-state index is 0.220. The van der Waals surface area contributed by atoms with Gasteiger partial charge in [-0.05, 0) is 36.2 Å². The number of hydrogen-bond acceptors (Lipinski definition) is 3. The number of benzene rings is 1. The molecule has 2 aromatic heterocycles. The number of nitrogens with zero attached hydrogens (tertiary/aromatic N) is 3. The van der Waals surface area contributed by atoms with Crippen LogP contribution in [-0.2, 0) is 6.54 Å².